The first-order valence-corrected chi connectivity index (χ1v) is 10.9. The number of benzene rings is 1. The number of carbonyl (C=O) groups is 2. The number of hydrogen-bond donors (Lipinski definition) is 1. The van der Waals surface area contributed by atoms with E-state index >= 15 is 0 Å². The van der Waals surface area contributed by atoms with Gasteiger partial charge in [-0.05, 0) is 23.8 Å². The number of ether oxygens (including phenoxy) is 3. The normalized spacial score (nSPS) is 20.4. The maximum absolute atomic E-state index is 12.7. The highest BCUT2D eigenvalue weighted by Gasteiger charge is 2.35. The molecule has 3 aliphatic heterocycles. The molecule has 9 heteroatoms. The van der Waals surface area contributed by atoms with Gasteiger partial charge in [-0.25, -0.2) is 4.98 Å². The predicted molar refractivity (Wildman–Crippen MR) is 117 cm³/mol. The number of morpholine rings is 1. The Balaban J connectivity index is 1.16. The summed E-state index contributed by atoms with van der Waals surface area (Å²) >= 11 is 0. The number of hydrogen-bond acceptors (Lipinski definition) is 7. The number of pyridine rings is 1. The highest BCUT2D eigenvalue weighted by atomic mass is 16.6. The monoisotopic (exact) mass is 438 g/mol. The second-order valence-corrected chi connectivity index (χ2v) is 8.08. The third-order valence-electron chi connectivity index (χ3n) is 5.94. The van der Waals surface area contributed by atoms with Crippen molar-refractivity contribution in [3.63, 3.8) is 0 Å². The van der Waals surface area contributed by atoms with Gasteiger partial charge in [0.2, 0.25) is 11.8 Å². The van der Waals surface area contributed by atoms with Gasteiger partial charge in [-0.3, -0.25) is 9.59 Å². The van der Waals surface area contributed by atoms with E-state index in [1.54, 1.807) is 23.2 Å². The van der Waals surface area contributed by atoms with Crippen LogP contribution in [0.4, 0.5) is 11.5 Å². The molecular formula is C23H26N4O5. The number of amides is 2. The van der Waals surface area contributed by atoms with E-state index in [1.807, 2.05) is 18.2 Å². The summed E-state index contributed by atoms with van der Waals surface area (Å²) in [5.41, 5.74) is 1.64. The summed E-state index contributed by atoms with van der Waals surface area (Å²) < 4.78 is 16.5. The van der Waals surface area contributed by atoms with Crippen molar-refractivity contribution < 1.29 is 23.8 Å². The number of rotatable bonds is 5. The van der Waals surface area contributed by atoms with Crippen LogP contribution in [0.1, 0.15) is 12.0 Å². The Hall–Kier alpha value is -3.33. The molecule has 1 aromatic carbocycles. The van der Waals surface area contributed by atoms with Crippen molar-refractivity contribution in [2.75, 3.05) is 55.9 Å². The Kier molecular flexibility index (Phi) is 5.81. The lowest BCUT2D eigenvalue weighted by Gasteiger charge is -2.27. The molecule has 1 aromatic heterocycles. The van der Waals surface area contributed by atoms with E-state index in [9.17, 15) is 9.59 Å². The van der Waals surface area contributed by atoms with Gasteiger partial charge in [0.1, 0.15) is 19.0 Å². The standard InChI is InChI=1S/C23H26N4O5/c28-22-11-17(15-27(22)18-2-3-19-20(12-18)32-10-9-31-19)23(29)25-14-16-1-4-21(24-13-16)26-5-7-30-8-6-26/h1-4,12-13,17H,5-11,14-15H2,(H,25,29). The van der Waals surface area contributed by atoms with Crippen LogP contribution in [0.3, 0.4) is 0 Å². The number of fused-ring (bicyclic) bond motifs is 1. The molecule has 3 aliphatic rings. The van der Waals surface area contributed by atoms with Crippen molar-refractivity contribution in [3.8, 4) is 11.5 Å². The van der Waals surface area contributed by atoms with Gasteiger partial charge >= 0.3 is 0 Å². The van der Waals surface area contributed by atoms with Crippen LogP contribution in [0.5, 0.6) is 11.5 Å². The third-order valence-corrected chi connectivity index (χ3v) is 5.94. The van der Waals surface area contributed by atoms with Gasteiger partial charge in [-0.2, -0.15) is 0 Å². The summed E-state index contributed by atoms with van der Waals surface area (Å²) in [5.74, 6) is 1.63. The molecule has 0 spiro atoms. The van der Waals surface area contributed by atoms with Crippen molar-refractivity contribution in [1.29, 1.82) is 0 Å². The van der Waals surface area contributed by atoms with E-state index in [-0.39, 0.29) is 18.2 Å². The van der Waals surface area contributed by atoms with Crippen molar-refractivity contribution in [1.82, 2.24) is 10.3 Å². The fourth-order valence-corrected chi connectivity index (χ4v) is 4.17. The highest BCUT2D eigenvalue weighted by Crippen LogP contribution is 2.36. The minimum atomic E-state index is -0.392. The van der Waals surface area contributed by atoms with Crippen LogP contribution in [0.15, 0.2) is 36.5 Å². The number of aromatic nitrogens is 1. The molecule has 9 nitrogen and oxygen atoms in total. The lowest BCUT2D eigenvalue weighted by molar-refractivity contribution is -0.126. The zero-order valence-corrected chi connectivity index (χ0v) is 17.8. The maximum Gasteiger partial charge on any atom is 0.227 e. The minimum absolute atomic E-state index is 0.0710. The molecule has 0 aliphatic carbocycles. The van der Waals surface area contributed by atoms with Crippen LogP contribution in [-0.2, 0) is 20.9 Å². The van der Waals surface area contributed by atoms with E-state index in [1.165, 1.54) is 0 Å². The van der Waals surface area contributed by atoms with Crippen LogP contribution in [-0.4, -0.2) is 62.9 Å². The van der Waals surface area contributed by atoms with E-state index in [4.69, 9.17) is 14.2 Å². The van der Waals surface area contributed by atoms with Crippen molar-refractivity contribution >= 4 is 23.3 Å². The molecule has 2 saturated heterocycles. The van der Waals surface area contributed by atoms with Gasteiger partial charge in [0.15, 0.2) is 11.5 Å². The molecular weight excluding hydrogens is 412 g/mol. The average Bonchev–Trinajstić information content (AvgIpc) is 3.25. The molecule has 1 N–H and O–H groups in total. The van der Waals surface area contributed by atoms with E-state index in [2.05, 4.69) is 15.2 Å². The van der Waals surface area contributed by atoms with Gasteiger partial charge in [0.05, 0.1) is 19.1 Å². The zero-order chi connectivity index (χ0) is 21.9. The number of anilines is 2. The maximum atomic E-state index is 12.7. The van der Waals surface area contributed by atoms with Gasteiger partial charge in [0, 0.05) is 50.6 Å². The zero-order valence-electron chi connectivity index (χ0n) is 17.8. The fraction of sp³-hybridized carbons (Fsp3) is 0.435. The second kappa shape index (κ2) is 9.04. The van der Waals surface area contributed by atoms with Gasteiger partial charge < -0.3 is 29.3 Å². The summed E-state index contributed by atoms with van der Waals surface area (Å²) in [6.45, 7) is 4.81. The second-order valence-electron chi connectivity index (χ2n) is 8.08. The first-order chi connectivity index (χ1) is 15.7. The van der Waals surface area contributed by atoms with Crippen LogP contribution < -0.4 is 24.6 Å². The summed E-state index contributed by atoms with van der Waals surface area (Å²) in [6, 6.07) is 9.37. The summed E-state index contributed by atoms with van der Waals surface area (Å²) in [4.78, 5) is 33.6. The Morgan fingerprint density at radius 3 is 2.66 bits per heavy atom. The summed E-state index contributed by atoms with van der Waals surface area (Å²) in [7, 11) is 0. The first-order valence-electron chi connectivity index (χ1n) is 10.9. The van der Waals surface area contributed by atoms with Crippen LogP contribution in [0, 0.1) is 5.92 Å². The number of nitrogens with one attached hydrogen (secondary N) is 1. The number of carbonyl (C=O) groups excluding carboxylic acids is 2. The quantitative estimate of drug-likeness (QED) is 0.753. The molecule has 0 bridgehead atoms. The first kappa shape index (κ1) is 20.6. The topological polar surface area (TPSA) is 93.2 Å². The summed E-state index contributed by atoms with van der Waals surface area (Å²) in [6.07, 6.45) is 1.97. The molecule has 1 atom stereocenters. The Morgan fingerprint density at radius 1 is 1.06 bits per heavy atom. The van der Waals surface area contributed by atoms with Gasteiger partial charge in [-0.1, -0.05) is 6.07 Å². The lowest BCUT2D eigenvalue weighted by atomic mass is 10.1. The molecule has 1 unspecified atom stereocenters. The van der Waals surface area contributed by atoms with Crippen molar-refractivity contribution in [3.05, 3.63) is 42.1 Å². The highest BCUT2D eigenvalue weighted by molar-refractivity contribution is 6.00. The van der Waals surface area contributed by atoms with Crippen LogP contribution in [0.2, 0.25) is 0 Å². The van der Waals surface area contributed by atoms with Crippen LogP contribution in [0.25, 0.3) is 0 Å². The lowest BCUT2D eigenvalue weighted by Crippen LogP contribution is -2.36. The molecule has 0 radical (unpaired) electrons. The van der Waals surface area contributed by atoms with E-state index in [0.29, 0.717) is 51.0 Å². The number of nitrogens with zero attached hydrogens (tertiary/aromatic N) is 3. The van der Waals surface area contributed by atoms with E-state index in [0.717, 1.165) is 30.2 Å². The van der Waals surface area contributed by atoms with Crippen LogP contribution >= 0.6 is 0 Å². The molecule has 32 heavy (non-hydrogen) atoms. The molecule has 5 rings (SSSR count). The summed E-state index contributed by atoms with van der Waals surface area (Å²) in [5, 5.41) is 2.95. The molecule has 2 aromatic rings. The Labute approximate surface area is 186 Å². The molecule has 4 heterocycles. The Bertz CT molecular complexity index is 990. The minimum Gasteiger partial charge on any atom is -0.486 e. The van der Waals surface area contributed by atoms with Crippen molar-refractivity contribution in [2.24, 2.45) is 5.92 Å². The third kappa shape index (κ3) is 4.34. The van der Waals surface area contributed by atoms with Gasteiger partial charge in [0.25, 0.3) is 0 Å². The molecule has 168 valence electrons. The van der Waals surface area contributed by atoms with E-state index < -0.39 is 5.92 Å². The van der Waals surface area contributed by atoms with Gasteiger partial charge in [-0.15, -0.1) is 0 Å². The fourth-order valence-electron chi connectivity index (χ4n) is 4.17. The largest absolute Gasteiger partial charge is 0.486 e. The molecule has 2 fully saturated rings. The smallest absolute Gasteiger partial charge is 0.227 e. The van der Waals surface area contributed by atoms with Crippen molar-refractivity contribution in [2.45, 2.75) is 13.0 Å². The predicted octanol–water partition coefficient (Wildman–Crippen LogP) is 1.36. The SMILES string of the molecule is O=C(NCc1ccc(N2CCOCC2)nc1)C1CC(=O)N(c2ccc3c(c2)OCCO3)C1. The Morgan fingerprint density at radius 2 is 1.88 bits per heavy atom. The average molecular weight is 438 g/mol. The molecule has 0 saturated carbocycles. The molecule has 2 amide bonds.